The molecule has 6 heteroatoms. The van der Waals surface area contributed by atoms with Crippen molar-refractivity contribution in [2.45, 2.75) is 0 Å². The minimum Gasteiger partial charge on any atom is -0.497 e. The summed E-state index contributed by atoms with van der Waals surface area (Å²) in [6, 6.07) is 5.15. The molecular formula is C12H13N3O3. The number of carbonyl (C=O) groups excluding carboxylic acids is 1. The second kappa shape index (κ2) is 5.22. The number of rotatable bonds is 4. The lowest BCUT2D eigenvalue weighted by atomic mass is 10.2. The SMILES string of the molecule is COc1cc(NC(=O)c2cn[nH]c2)cc(OC)c1. The highest BCUT2D eigenvalue weighted by Crippen LogP contribution is 2.25. The maximum absolute atomic E-state index is 11.8. The topological polar surface area (TPSA) is 76.2 Å². The van der Waals surface area contributed by atoms with Crippen molar-refractivity contribution in [2.24, 2.45) is 0 Å². The second-order valence-corrected chi connectivity index (χ2v) is 3.54. The van der Waals surface area contributed by atoms with Crippen molar-refractivity contribution in [1.29, 1.82) is 0 Å². The van der Waals surface area contributed by atoms with Crippen LogP contribution in [0, 0.1) is 0 Å². The van der Waals surface area contributed by atoms with Crippen molar-refractivity contribution in [2.75, 3.05) is 19.5 Å². The largest absolute Gasteiger partial charge is 0.497 e. The zero-order valence-electron chi connectivity index (χ0n) is 10.1. The molecule has 0 aliphatic rings. The van der Waals surface area contributed by atoms with E-state index < -0.39 is 0 Å². The summed E-state index contributed by atoms with van der Waals surface area (Å²) in [7, 11) is 3.10. The number of aromatic amines is 1. The quantitative estimate of drug-likeness (QED) is 0.861. The van der Waals surface area contributed by atoms with Crippen molar-refractivity contribution in [1.82, 2.24) is 10.2 Å². The summed E-state index contributed by atoms with van der Waals surface area (Å²) in [6.07, 6.45) is 2.97. The predicted molar refractivity (Wildman–Crippen MR) is 66.1 cm³/mol. The average molecular weight is 247 g/mol. The third-order valence-electron chi connectivity index (χ3n) is 2.37. The molecule has 2 N–H and O–H groups in total. The van der Waals surface area contributed by atoms with Gasteiger partial charge in [0.25, 0.3) is 5.91 Å². The first-order valence-corrected chi connectivity index (χ1v) is 5.26. The van der Waals surface area contributed by atoms with Gasteiger partial charge in [-0.2, -0.15) is 5.10 Å². The number of anilines is 1. The molecule has 0 saturated carbocycles. The molecule has 18 heavy (non-hydrogen) atoms. The van der Waals surface area contributed by atoms with Crippen LogP contribution >= 0.6 is 0 Å². The van der Waals surface area contributed by atoms with Gasteiger partial charge in [-0.15, -0.1) is 0 Å². The van der Waals surface area contributed by atoms with Gasteiger partial charge in [0.2, 0.25) is 0 Å². The number of H-pyrrole nitrogens is 1. The first-order valence-electron chi connectivity index (χ1n) is 5.26. The Bertz CT molecular complexity index is 515. The van der Waals surface area contributed by atoms with Crippen molar-refractivity contribution in [3.8, 4) is 11.5 Å². The number of amides is 1. The van der Waals surface area contributed by atoms with E-state index in [0.717, 1.165) is 0 Å². The number of methoxy groups -OCH3 is 2. The van der Waals surface area contributed by atoms with E-state index in [-0.39, 0.29) is 5.91 Å². The smallest absolute Gasteiger partial charge is 0.258 e. The highest BCUT2D eigenvalue weighted by atomic mass is 16.5. The Hall–Kier alpha value is -2.50. The molecule has 0 atom stereocenters. The molecule has 0 radical (unpaired) electrons. The van der Waals surface area contributed by atoms with Gasteiger partial charge >= 0.3 is 0 Å². The lowest BCUT2D eigenvalue weighted by Gasteiger charge is -2.09. The van der Waals surface area contributed by atoms with Gasteiger partial charge in [0.15, 0.2) is 0 Å². The standard InChI is InChI=1S/C12H13N3O3/c1-17-10-3-9(4-11(5-10)18-2)15-12(16)8-6-13-14-7-8/h3-7H,1-2H3,(H,13,14)(H,15,16). The molecule has 0 aliphatic carbocycles. The normalized spacial score (nSPS) is 9.89. The molecule has 0 unspecified atom stereocenters. The molecule has 0 spiro atoms. The Kier molecular flexibility index (Phi) is 3.47. The van der Waals surface area contributed by atoms with E-state index in [2.05, 4.69) is 15.5 Å². The van der Waals surface area contributed by atoms with Gasteiger partial charge in [0, 0.05) is 30.1 Å². The maximum Gasteiger partial charge on any atom is 0.258 e. The molecule has 1 amide bonds. The van der Waals surface area contributed by atoms with Crippen LogP contribution in [0.25, 0.3) is 0 Å². The van der Waals surface area contributed by atoms with Gasteiger partial charge in [-0.05, 0) is 0 Å². The van der Waals surface area contributed by atoms with E-state index in [9.17, 15) is 4.79 Å². The Morgan fingerprint density at radius 3 is 2.39 bits per heavy atom. The molecule has 0 aliphatic heterocycles. The minimum absolute atomic E-state index is 0.251. The van der Waals surface area contributed by atoms with Crippen molar-refractivity contribution >= 4 is 11.6 Å². The highest BCUT2D eigenvalue weighted by Gasteiger charge is 2.09. The third-order valence-corrected chi connectivity index (χ3v) is 2.37. The summed E-state index contributed by atoms with van der Waals surface area (Å²) in [5.41, 5.74) is 1.05. The predicted octanol–water partition coefficient (Wildman–Crippen LogP) is 1.68. The lowest BCUT2D eigenvalue weighted by molar-refractivity contribution is 0.102. The zero-order chi connectivity index (χ0) is 13.0. The molecule has 0 saturated heterocycles. The van der Waals surface area contributed by atoms with Crippen molar-refractivity contribution in [3.63, 3.8) is 0 Å². The van der Waals surface area contributed by atoms with Crippen LogP contribution < -0.4 is 14.8 Å². The average Bonchev–Trinajstić information content (AvgIpc) is 2.92. The van der Waals surface area contributed by atoms with Crippen molar-refractivity contribution < 1.29 is 14.3 Å². The summed E-state index contributed by atoms with van der Waals surface area (Å²) < 4.78 is 10.2. The van der Waals surface area contributed by atoms with E-state index in [1.54, 1.807) is 32.4 Å². The lowest BCUT2D eigenvalue weighted by Crippen LogP contribution is -2.11. The molecule has 94 valence electrons. The van der Waals surface area contributed by atoms with E-state index in [1.165, 1.54) is 12.4 Å². The maximum atomic E-state index is 11.8. The van der Waals surface area contributed by atoms with Crippen LogP contribution in [0.4, 0.5) is 5.69 Å². The summed E-state index contributed by atoms with van der Waals surface area (Å²) >= 11 is 0. The van der Waals surface area contributed by atoms with E-state index >= 15 is 0 Å². The molecule has 2 aromatic rings. The summed E-state index contributed by atoms with van der Waals surface area (Å²) in [5.74, 6) is 0.966. The fourth-order valence-electron chi connectivity index (χ4n) is 1.46. The van der Waals surface area contributed by atoms with Crippen LogP contribution in [-0.4, -0.2) is 30.3 Å². The monoisotopic (exact) mass is 247 g/mol. The Labute approximate surface area is 104 Å². The number of nitrogens with one attached hydrogen (secondary N) is 2. The number of aromatic nitrogens is 2. The van der Waals surface area contributed by atoms with Gasteiger partial charge in [-0.1, -0.05) is 0 Å². The fraction of sp³-hybridized carbons (Fsp3) is 0.167. The van der Waals surface area contributed by atoms with Gasteiger partial charge in [-0.25, -0.2) is 0 Å². The summed E-state index contributed by atoms with van der Waals surface area (Å²) in [5, 5.41) is 9.03. The number of hydrogen-bond donors (Lipinski definition) is 2. The van der Waals surface area contributed by atoms with Crippen LogP contribution in [0.3, 0.4) is 0 Å². The molecule has 6 nitrogen and oxygen atoms in total. The van der Waals surface area contributed by atoms with Crippen LogP contribution in [0.1, 0.15) is 10.4 Å². The number of carbonyl (C=O) groups is 1. The zero-order valence-corrected chi connectivity index (χ0v) is 10.1. The number of hydrogen-bond acceptors (Lipinski definition) is 4. The second-order valence-electron chi connectivity index (χ2n) is 3.54. The molecule has 1 aromatic heterocycles. The van der Waals surface area contributed by atoms with Gasteiger partial charge in [-0.3, -0.25) is 9.89 Å². The minimum atomic E-state index is -0.251. The van der Waals surface area contributed by atoms with E-state index in [0.29, 0.717) is 22.7 Å². The number of nitrogens with zero attached hydrogens (tertiary/aromatic N) is 1. The number of ether oxygens (including phenoxy) is 2. The molecule has 0 fully saturated rings. The van der Waals surface area contributed by atoms with Crippen LogP contribution in [-0.2, 0) is 0 Å². The van der Waals surface area contributed by atoms with E-state index in [4.69, 9.17) is 9.47 Å². The molecule has 1 heterocycles. The van der Waals surface area contributed by atoms with Gasteiger partial charge < -0.3 is 14.8 Å². The molecular weight excluding hydrogens is 234 g/mol. The summed E-state index contributed by atoms with van der Waals surface area (Å²) in [6.45, 7) is 0. The van der Waals surface area contributed by atoms with Crippen LogP contribution in [0.5, 0.6) is 11.5 Å². The molecule has 1 aromatic carbocycles. The highest BCUT2D eigenvalue weighted by molar-refractivity contribution is 6.04. The Balaban J connectivity index is 2.20. The van der Waals surface area contributed by atoms with Gasteiger partial charge in [0.05, 0.1) is 26.0 Å². The molecule has 2 rings (SSSR count). The number of benzene rings is 1. The Morgan fingerprint density at radius 1 is 1.22 bits per heavy atom. The van der Waals surface area contributed by atoms with Crippen LogP contribution in [0.15, 0.2) is 30.6 Å². The van der Waals surface area contributed by atoms with E-state index in [1.807, 2.05) is 0 Å². The summed E-state index contributed by atoms with van der Waals surface area (Å²) in [4.78, 5) is 11.8. The third kappa shape index (κ3) is 2.60. The van der Waals surface area contributed by atoms with Gasteiger partial charge in [0.1, 0.15) is 11.5 Å². The fourth-order valence-corrected chi connectivity index (χ4v) is 1.46. The van der Waals surface area contributed by atoms with Crippen molar-refractivity contribution in [3.05, 3.63) is 36.2 Å². The Morgan fingerprint density at radius 2 is 1.89 bits per heavy atom. The van der Waals surface area contributed by atoms with Crippen LogP contribution in [0.2, 0.25) is 0 Å². The molecule has 0 bridgehead atoms. The first kappa shape index (κ1) is 12.0. The first-order chi connectivity index (χ1) is 8.72.